The number of rotatable bonds is 8. The Hall–Kier alpha value is -3.80. The largest absolute Gasteiger partial charge is 0.422 e. The van der Waals surface area contributed by atoms with Crippen LogP contribution < -0.4 is 0 Å². The van der Waals surface area contributed by atoms with Gasteiger partial charge < -0.3 is 9.67 Å². The van der Waals surface area contributed by atoms with Crippen molar-refractivity contribution in [3.05, 3.63) is 106 Å². The molecule has 2 aromatic carbocycles. The molecule has 1 aliphatic rings. The molecule has 3 heterocycles. The molecule has 0 spiro atoms. The first-order valence-corrected chi connectivity index (χ1v) is 13.0. The molecule has 0 bridgehead atoms. The van der Waals surface area contributed by atoms with Crippen LogP contribution in [0.2, 0.25) is 0 Å². The van der Waals surface area contributed by atoms with Gasteiger partial charge in [-0.05, 0) is 30.2 Å². The second-order valence-electron chi connectivity index (χ2n) is 10.2. The molecular weight excluding hydrogens is 523 g/mol. The van der Waals surface area contributed by atoms with Crippen LogP contribution in [0.3, 0.4) is 0 Å². The molecular formula is C29H30F3N5O3. The number of piperazine rings is 1. The normalized spacial score (nSPS) is 17.5. The summed E-state index contributed by atoms with van der Waals surface area (Å²) in [6.45, 7) is 3.34. The minimum absolute atomic E-state index is 0.0594. The van der Waals surface area contributed by atoms with E-state index in [0.717, 1.165) is 11.1 Å². The molecule has 1 fully saturated rings. The summed E-state index contributed by atoms with van der Waals surface area (Å²) in [5.74, 6) is 0. The first-order chi connectivity index (χ1) is 19.1. The Labute approximate surface area is 229 Å². The molecule has 40 heavy (non-hydrogen) atoms. The van der Waals surface area contributed by atoms with E-state index < -0.39 is 23.2 Å². The second-order valence-corrected chi connectivity index (χ2v) is 10.2. The number of pyridine rings is 1. The van der Waals surface area contributed by atoms with E-state index in [1.165, 1.54) is 29.0 Å². The fourth-order valence-corrected chi connectivity index (χ4v) is 5.43. The predicted molar refractivity (Wildman–Crippen MR) is 145 cm³/mol. The van der Waals surface area contributed by atoms with Gasteiger partial charge in [0.05, 0.1) is 10.4 Å². The van der Waals surface area contributed by atoms with Gasteiger partial charge in [-0.3, -0.25) is 24.9 Å². The summed E-state index contributed by atoms with van der Waals surface area (Å²) in [4.78, 5) is 18.8. The highest BCUT2D eigenvalue weighted by atomic mass is 19.4. The number of nitro benzene ring substituents is 1. The number of aromatic nitrogens is 2. The van der Waals surface area contributed by atoms with Gasteiger partial charge in [-0.25, -0.2) is 0 Å². The lowest BCUT2D eigenvalue weighted by atomic mass is 9.91. The van der Waals surface area contributed by atoms with Gasteiger partial charge in [0.25, 0.3) is 5.69 Å². The number of hydrogen-bond acceptors (Lipinski definition) is 6. The van der Waals surface area contributed by atoms with E-state index in [2.05, 4.69) is 9.88 Å². The second kappa shape index (κ2) is 11.0. The standard InChI is InChI=1S/C29H30F3N5O3/c1-21(23-8-5-11-33-17-23)35-14-12-34(13-15-35)20-28(38,29(30,31)32)26-19-36(18-22-6-3-2-4-7-22)27-16-24(37(39)40)9-10-25(26)27/h2-11,16-17,19,21,38H,12-15,18,20H2,1H3. The van der Waals surface area contributed by atoms with Crippen molar-refractivity contribution in [2.45, 2.75) is 31.3 Å². The lowest BCUT2D eigenvalue weighted by Gasteiger charge is -2.41. The Balaban J connectivity index is 1.46. The van der Waals surface area contributed by atoms with Gasteiger partial charge in [-0.1, -0.05) is 36.4 Å². The summed E-state index contributed by atoms with van der Waals surface area (Å²) < 4.78 is 45.7. The van der Waals surface area contributed by atoms with Crippen molar-refractivity contribution in [2.24, 2.45) is 0 Å². The van der Waals surface area contributed by atoms with Gasteiger partial charge >= 0.3 is 6.18 Å². The average molecular weight is 554 g/mol. The zero-order valence-corrected chi connectivity index (χ0v) is 22.0. The number of alkyl halides is 3. The zero-order valence-electron chi connectivity index (χ0n) is 22.0. The predicted octanol–water partition coefficient (Wildman–Crippen LogP) is 5.12. The van der Waals surface area contributed by atoms with Crippen molar-refractivity contribution in [1.29, 1.82) is 0 Å². The first-order valence-electron chi connectivity index (χ1n) is 13.0. The van der Waals surface area contributed by atoms with Crippen LogP contribution in [-0.2, 0) is 12.1 Å². The lowest BCUT2D eigenvalue weighted by molar-refractivity contribution is -0.384. The van der Waals surface area contributed by atoms with E-state index in [1.807, 2.05) is 49.4 Å². The Morgan fingerprint density at radius 1 is 1.05 bits per heavy atom. The number of benzene rings is 2. The third-order valence-electron chi connectivity index (χ3n) is 7.76. The molecule has 2 aromatic heterocycles. The van der Waals surface area contributed by atoms with Crippen LogP contribution in [-0.4, -0.2) is 68.3 Å². The van der Waals surface area contributed by atoms with Crippen LogP contribution in [0.15, 0.2) is 79.3 Å². The summed E-state index contributed by atoms with van der Waals surface area (Å²) >= 11 is 0. The summed E-state index contributed by atoms with van der Waals surface area (Å²) in [6.07, 6.45) is -0.216. The molecule has 4 aromatic rings. The van der Waals surface area contributed by atoms with Crippen LogP contribution in [0.25, 0.3) is 10.9 Å². The Morgan fingerprint density at radius 2 is 1.77 bits per heavy atom. The number of nitrogens with zero attached hydrogens (tertiary/aromatic N) is 5. The van der Waals surface area contributed by atoms with Crippen LogP contribution in [0.4, 0.5) is 18.9 Å². The van der Waals surface area contributed by atoms with Crippen molar-refractivity contribution in [3.8, 4) is 0 Å². The molecule has 1 N–H and O–H groups in total. The SMILES string of the molecule is CC(c1cccnc1)N1CCN(CC(O)(c2cn(Cc3ccccc3)c3cc([N+](=O)[O-])ccc23)C(F)(F)F)CC1. The van der Waals surface area contributed by atoms with E-state index in [-0.39, 0.29) is 34.7 Å². The van der Waals surface area contributed by atoms with Crippen molar-refractivity contribution in [2.75, 3.05) is 32.7 Å². The smallest absolute Gasteiger partial charge is 0.375 e. The number of fused-ring (bicyclic) bond motifs is 1. The zero-order chi connectivity index (χ0) is 28.5. The fourth-order valence-electron chi connectivity index (χ4n) is 5.43. The third kappa shape index (κ3) is 5.45. The van der Waals surface area contributed by atoms with E-state index in [9.17, 15) is 28.4 Å². The van der Waals surface area contributed by atoms with Gasteiger partial charge in [0, 0.05) is 87.0 Å². The van der Waals surface area contributed by atoms with Crippen LogP contribution >= 0.6 is 0 Å². The quantitative estimate of drug-likeness (QED) is 0.241. The number of aliphatic hydroxyl groups is 1. The highest BCUT2D eigenvalue weighted by molar-refractivity contribution is 5.87. The van der Waals surface area contributed by atoms with E-state index in [4.69, 9.17) is 0 Å². The maximum Gasteiger partial charge on any atom is 0.422 e. The Kier molecular flexibility index (Phi) is 7.63. The molecule has 0 aliphatic carbocycles. The van der Waals surface area contributed by atoms with Crippen LogP contribution in [0, 0.1) is 10.1 Å². The van der Waals surface area contributed by atoms with E-state index in [1.54, 1.807) is 17.3 Å². The van der Waals surface area contributed by atoms with Crippen molar-refractivity contribution in [1.82, 2.24) is 19.4 Å². The topological polar surface area (TPSA) is 87.7 Å². The van der Waals surface area contributed by atoms with E-state index >= 15 is 0 Å². The molecule has 8 nitrogen and oxygen atoms in total. The summed E-state index contributed by atoms with van der Waals surface area (Å²) in [5.41, 5.74) is -1.63. The van der Waals surface area contributed by atoms with Crippen molar-refractivity contribution < 1.29 is 23.2 Å². The molecule has 210 valence electrons. The third-order valence-corrected chi connectivity index (χ3v) is 7.76. The number of non-ortho nitro benzene ring substituents is 1. The van der Waals surface area contributed by atoms with Gasteiger partial charge in [0.1, 0.15) is 0 Å². The summed E-state index contributed by atoms with van der Waals surface area (Å²) in [6, 6.07) is 16.7. The molecule has 1 aliphatic heterocycles. The molecule has 11 heteroatoms. The van der Waals surface area contributed by atoms with E-state index in [0.29, 0.717) is 26.2 Å². The molecule has 0 saturated carbocycles. The molecule has 0 amide bonds. The minimum atomic E-state index is -4.99. The lowest BCUT2D eigenvalue weighted by Crippen LogP contribution is -2.55. The number of β-amino-alcohol motifs (C(OH)–C–C–N with tert-alkyl or cyclic N) is 1. The maximum atomic E-state index is 14.7. The monoisotopic (exact) mass is 553 g/mol. The Bertz CT molecular complexity index is 1470. The van der Waals surface area contributed by atoms with Crippen LogP contribution in [0.1, 0.15) is 29.7 Å². The van der Waals surface area contributed by atoms with Crippen molar-refractivity contribution in [3.63, 3.8) is 0 Å². The number of halogens is 3. The van der Waals surface area contributed by atoms with Gasteiger partial charge in [-0.2, -0.15) is 13.2 Å². The van der Waals surface area contributed by atoms with Gasteiger partial charge in [0.15, 0.2) is 0 Å². The minimum Gasteiger partial charge on any atom is -0.375 e. The summed E-state index contributed by atoms with van der Waals surface area (Å²) in [5, 5.41) is 23.0. The Morgan fingerprint density at radius 3 is 2.40 bits per heavy atom. The molecule has 0 radical (unpaired) electrons. The summed E-state index contributed by atoms with van der Waals surface area (Å²) in [7, 11) is 0. The van der Waals surface area contributed by atoms with Crippen molar-refractivity contribution >= 4 is 16.6 Å². The average Bonchev–Trinajstić information content (AvgIpc) is 3.31. The van der Waals surface area contributed by atoms with Crippen LogP contribution in [0.5, 0.6) is 0 Å². The first kappa shape index (κ1) is 27.8. The number of nitro groups is 1. The van der Waals surface area contributed by atoms with Gasteiger partial charge in [-0.15, -0.1) is 0 Å². The molecule has 1 saturated heterocycles. The molecule has 5 rings (SSSR count). The highest BCUT2D eigenvalue weighted by Crippen LogP contribution is 2.44. The molecule has 2 atom stereocenters. The fraction of sp³-hybridized carbons (Fsp3) is 0.345. The number of hydrogen-bond donors (Lipinski definition) is 1. The van der Waals surface area contributed by atoms with Gasteiger partial charge in [0.2, 0.25) is 5.60 Å². The maximum absolute atomic E-state index is 14.7. The molecule has 2 unspecified atom stereocenters. The highest BCUT2D eigenvalue weighted by Gasteiger charge is 2.57.